The van der Waals surface area contributed by atoms with Crippen LogP contribution in [-0.2, 0) is 14.8 Å². The third-order valence-corrected chi connectivity index (χ3v) is 6.85. The van der Waals surface area contributed by atoms with Crippen molar-refractivity contribution in [2.24, 2.45) is 0 Å². The van der Waals surface area contributed by atoms with Gasteiger partial charge in [0.05, 0.1) is 4.90 Å². The molecular weight excluding hydrogens is 389 g/mol. The molecule has 2 unspecified atom stereocenters. The average Bonchev–Trinajstić information content (AvgIpc) is 2.37. The minimum atomic E-state index is -3.48. The summed E-state index contributed by atoms with van der Waals surface area (Å²) in [7, 11) is -3.48. The number of hydrogen-bond donors (Lipinski definition) is 0. The summed E-state index contributed by atoms with van der Waals surface area (Å²) in [6.07, 6.45) is 3.36. The molecule has 0 radical (unpaired) electrons. The van der Waals surface area contributed by atoms with Crippen LogP contribution in [0, 0.1) is 3.57 Å². The topological polar surface area (TPSA) is 54.5 Å². The normalized spacial score (nSPS) is 27.6. The Hall–Kier alpha value is -0.470. The van der Waals surface area contributed by atoms with Gasteiger partial charge in [0.2, 0.25) is 10.0 Å². The van der Waals surface area contributed by atoms with Crippen LogP contribution in [-0.4, -0.2) is 30.6 Å². The van der Waals surface area contributed by atoms with Crippen LogP contribution in [0.1, 0.15) is 32.1 Å². The molecule has 6 heteroatoms. The van der Waals surface area contributed by atoms with E-state index in [4.69, 9.17) is 0 Å². The number of ketones is 1. The smallest absolute Gasteiger partial charge is 0.243 e. The van der Waals surface area contributed by atoms with E-state index in [1.165, 1.54) is 0 Å². The Labute approximate surface area is 132 Å². The molecule has 0 spiro atoms. The van der Waals surface area contributed by atoms with Crippen molar-refractivity contribution in [2.75, 3.05) is 0 Å². The van der Waals surface area contributed by atoms with Crippen LogP contribution in [0.3, 0.4) is 0 Å². The minimum Gasteiger partial charge on any atom is -0.300 e. The van der Waals surface area contributed by atoms with Gasteiger partial charge in [-0.1, -0.05) is 6.42 Å². The molecule has 2 aliphatic heterocycles. The Morgan fingerprint density at radius 3 is 2.15 bits per heavy atom. The molecule has 108 valence electrons. The molecule has 2 saturated heterocycles. The van der Waals surface area contributed by atoms with Crippen molar-refractivity contribution in [1.29, 1.82) is 0 Å². The van der Waals surface area contributed by atoms with E-state index in [1.807, 2.05) is 0 Å². The zero-order valence-electron chi connectivity index (χ0n) is 11.0. The molecule has 20 heavy (non-hydrogen) atoms. The van der Waals surface area contributed by atoms with Crippen molar-refractivity contribution in [3.05, 3.63) is 27.8 Å². The first kappa shape index (κ1) is 14.5. The van der Waals surface area contributed by atoms with Crippen LogP contribution in [0.2, 0.25) is 0 Å². The van der Waals surface area contributed by atoms with E-state index in [-0.39, 0.29) is 17.9 Å². The van der Waals surface area contributed by atoms with Gasteiger partial charge in [0.15, 0.2) is 0 Å². The highest BCUT2D eigenvalue weighted by atomic mass is 127. The molecule has 1 aromatic carbocycles. The van der Waals surface area contributed by atoms with Gasteiger partial charge in [-0.3, -0.25) is 4.79 Å². The number of Topliss-reactive ketones (excluding diaryl/α,β-unsaturated/α-hetero) is 1. The largest absolute Gasteiger partial charge is 0.300 e. The van der Waals surface area contributed by atoms with Gasteiger partial charge < -0.3 is 0 Å². The van der Waals surface area contributed by atoms with Crippen LogP contribution < -0.4 is 0 Å². The summed E-state index contributed by atoms with van der Waals surface area (Å²) in [5.74, 6) is 0.203. The van der Waals surface area contributed by atoms with Gasteiger partial charge in [-0.05, 0) is 59.7 Å². The van der Waals surface area contributed by atoms with Gasteiger partial charge in [0.1, 0.15) is 5.78 Å². The maximum atomic E-state index is 12.8. The minimum absolute atomic E-state index is 0.140. The van der Waals surface area contributed by atoms with E-state index in [2.05, 4.69) is 22.6 Å². The van der Waals surface area contributed by atoms with Crippen molar-refractivity contribution < 1.29 is 13.2 Å². The SMILES string of the molecule is O=C1CC2CCCC(C1)N2S(=O)(=O)c1ccc(I)cc1. The van der Waals surface area contributed by atoms with E-state index < -0.39 is 10.0 Å². The Balaban J connectivity index is 1.98. The zero-order valence-corrected chi connectivity index (χ0v) is 13.9. The first-order valence-electron chi connectivity index (χ1n) is 6.79. The summed E-state index contributed by atoms with van der Waals surface area (Å²) in [6, 6.07) is 6.64. The summed E-state index contributed by atoms with van der Waals surface area (Å²) >= 11 is 2.16. The first-order chi connectivity index (χ1) is 9.48. The third kappa shape index (κ3) is 2.53. The second kappa shape index (κ2) is 5.38. The van der Waals surface area contributed by atoms with Gasteiger partial charge >= 0.3 is 0 Å². The molecule has 4 nitrogen and oxygen atoms in total. The lowest BCUT2D eigenvalue weighted by molar-refractivity contribution is -0.124. The van der Waals surface area contributed by atoms with Crippen molar-refractivity contribution in [2.45, 2.75) is 49.1 Å². The Morgan fingerprint density at radius 1 is 1.05 bits per heavy atom. The number of piperidine rings is 2. The predicted molar refractivity (Wildman–Crippen MR) is 83.9 cm³/mol. The number of halogens is 1. The van der Waals surface area contributed by atoms with E-state index in [0.717, 1.165) is 22.8 Å². The van der Waals surface area contributed by atoms with Gasteiger partial charge in [-0.15, -0.1) is 0 Å². The molecule has 2 heterocycles. The highest BCUT2D eigenvalue weighted by molar-refractivity contribution is 14.1. The number of sulfonamides is 1. The summed E-state index contributed by atoms with van der Waals surface area (Å²) in [6.45, 7) is 0. The second-order valence-electron chi connectivity index (χ2n) is 5.47. The van der Waals surface area contributed by atoms with E-state index in [0.29, 0.717) is 17.7 Å². The lowest BCUT2D eigenvalue weighted by Gasteiger charge is -2.44. The third-order valence-electron chi connectivity index (χ3n) is 4.11. The predicted octanol–water partition coefficient (Wildman–Crippen LogP) is 2.57. The lowest BCUT2D eigenvalue weighted by atomic mass is 9.86. The van der Waals surface area contributed by atoms with E-state index in [9.17, 15) is 13.2 Å². The monoisotopic (exact) mass is 405 g/mol. The van der Waals surface area contributed by atoms with E-state index >= 15 is 0 Å². The molecule has 3 rings (SSSR count). The molecule has 2 aliphatic rings. The lowest BCUT2D eigenvalue weighted by Crippen LogP contribution is -2.54. The number of carbonyl (C=O) groups is 1. The van der Waals surface area contributed by atoms with Crippen LogP contribution >= 0.6 is 22.6 Å². The average molecular weight is 405 g/mol. The van der Waals surface area contributed by atoms with Crippen molar-refractivity contribution in [3.8, 4) is 0 Å². The van der Waals surface area contributed by atoms with Crippen molar-refractivity contribution >= 4 is 38.4 Å². The van der Waals surface area contributed by atoms with Gasteiger partial charge in [0, 0.05) is 28.5 Å². The summed E-state index contributed by atoms with van der Waals surface area (Å²) < 4.78 is 28.3. The van der Waals surface area contributed by atoms with Gasteiger partial charge in [-0.25, -0.2) is 8.42 Å². The Bertz CT molecular complexity index is 610. The Morgan fingerprint density at radius 2 is 1.60 bits per heavy atom. The van der Waals surface area contributed by atoms with Crippen molar-refractivity contribution in [3.63, 3.8) is 0 Å². The highest BCUT2D eigenvalue weighted by Crippen LogP contribution is 2.36. The number of nitrogens with zero attached hydrogens (tertiary/aromatic N) is 1. The fourth-order valence-electron chi connectivity index (χ4n) is 3.26. The van der Waals surface area contributed by atoms with Gasteiger partial charge in [0.25, 0.3) is 0 Å². The van der Waals surface area contributed by atoms with Crippen molar-refractivity contribution in [1.82, 2.24) is 4.31 Å². The summed E-state index contributed by atoms with van der Waals surface area (Å²) in [5, 5.41) is 0. The van der Waals surface area contributed by atoms with Crippen LogP contribution in [0.15, 0.2) is 29.2 Å². The molecular formula is C14H16INO3S. The second-order valence-corrected chi connectivity index (χ2v) is 8.56. The van der Waals surface area contributed by atoms with Crippen LogP contribution in [0.5, 0.6) is 0 Å². The fourth-order valence-corrected chi connectivity index (χ4v) is 5.48. The molecule has 2 fully saturated rings. The Kier molecular flexibility index (Phi) is 3.89. The van der Waals surface area contributed by atoms with E-state index in [1.54, 1.807) is 28.6 Å². The number of rotatable bonds is 2. The molecule has 0 N–H and O–H groups in total. The zero-order chi connectivity index (χ0) is 14.3. The molecule has 0 aliphatic carbocycles. The summed E-state index contributed by atoms with van der Waals surface area (Å²) in [4.78, 5) is 12.0. The van der Waals surface area contributed by atoms with Gasteiger partial charge in [-0.2, -0.15) is 4.31 Å². The maximum absolute atomic E-state index is 12.8. The first-order valence-corrected chi connectivity index (χ1v) is 9.31. The molecule has 0 aromatic heterocycles. The number of carbonyl (C=O) groups excluding carboxylic acids is 1. The number of hydrogen-bond acceptors (Lipinski definition) is 3. The maximum Gasteiger partial charge on any atom is 0.243 e. The standard InChI is InChI=1S/C14H16INO3S/c15-10-4-6-14(7-5-10)20(18,19)16-11-2-1-3-12(16)9-13(17)8-11/h4-7,11-12H,1-3,8-9H2. The van der Waals surface area contributed by atoms with Crippen LogP contribution in [0.25, 0.3) is 0 Å². The van der Waals surface area contributed by atoms with Crippen LogP contribution in [0.4, 0.5) is 0 Å². The molecule has 0 amide bonds. The highest BCUT2D eigenvalue weighted by Gasteiger charge is 2.44. The molecule has 1 aromatic rings. The number of fused-ring (bicyclic) bond motifs is 2. The molecule has 2 bridgehead atoms. The summed E-state index contributed by atoms with van der Waals surface area (Å²) in [5.41, 5.74) is 0. The fraction of sp³-hybridized carbons (Fsp3) is 0.500. The molecule has 2 atom stereocenters. The quantitative estimate of drug-likeness (QED) is 0.711. The number of benzene rings is 1. The molecule has 0 saturated carbocycles.